The number of fused-ring (bicyclic) bond motifs is 9. The van der Waals surface area contributed by atoms with Gasteiger partial charge in [0.2, 0.25) is 6.79 Å². The molecule has 0 aliphatic carbocycles. The van der Waals surface area contributed by atoms with Gasteiger partial charge < -0.3 is 44.0 Å². The molecule has 13 nitrogen and oxygen atoms in total. The molecule has 4 bridgehead atoms. The van der Waals surface area contributed by atoms with Crippen LogP contribution in [0.25, 0.3) is 5.32 Å². The van der Waals surface area contributed by atoms with Crippen molar-refractivity contribution >= 4 is 17.7 Å². The summed E-state index contributed by atoms with van der Waals surface area (Å²) in [5, 5.41) is 42.2. The number of rotatable bonds is 5. The molecule has 7 aliphatic rings. The van der Waals surface area contributed by atoms with Gasteiger partial charge in [-0.3, -0.25) is 10.2 Å². The number of ether oxygens (including phenoxy) is 6. The molecule has 3 aromatic rings. The number of hydrogen-bond acceptors (Lipinski definition) is 13. The first-order valence-corrected chi connectivity index (χ1v) is 19.5. The molecule has 284 valence electrons. The predicted molar refractivity (Wildman–Crippen MR) is 198 cm³/mol. The van der Waals surface area contributed by atoms with Gasteiger partial charge in [0.1, 0.15) is 12.4 Å². The Labute approximate surface area is 317 Å². The number of aryl methyl sites for hydroxylation is 1. The number of phenols is 2. The summed E-state index contributed by atoms with van der Waals surface area (Å²) >= 11 is 1.56. The van der Waals surface area contributed by atoms with Crippen LogP contribution in [0.4, 0.5) is 0 Å². The van der Waals surface area contributed by atoms with Crippen LogP contribution in [0, 0.1) is 25.2 Å². The van der Waals surface area contributed by atoms with Gasteiger partial charge >= 0.3 is 5.97 Å². The van der Waals surface area contributed by atoms with Crippen molar-refractivity contribution in [2.75, 3.05) is 46.5 Å². The van der Waals surface area contributed by atoms with Crippen LogP contribution in [0.1, 0.15) is 75.2 Å². The monoisotopic (exact) mass is 755 g/mol. The summed E-state index contributed by atoms with van der Waals surface area (Å²) in [7, 11) is 3.03. The standard InChI is InChI=1S/C40H43N4O9S/c1-6-9-50-35-19(3)36-37(53-17-52-36)29-25-15-51-39(47)40(22-13-27(48-4)26(45)12-20(22)7-8-42-40)16-54-38(30(29)35)32-31-28-21(10-18(2)34(49-5)33(28)46)11-23(43-31)24(14-41)44(25)32/h10,12-13,23-25,31-32,38,42,45-46H,6-9,11,15-17H2,1-5H3/q-1/t23-,24-,25-,31+,32?,38+,40+/m0/s1. The first kappa shape index (κ1) is 35.2. The maximum atomic E-state index is 14.7. The molecule has 0 radical (unpaired) electrons. The third-order valence-electron chi connectivity index (χ3n) is 12.0. The highest BCUT2D eigenvalue weighted by molar-refractivity contribution is 7.99. The molecule has 1 spiro atoms. The fourth-order valence-corrected chi connectivity index (χ4v) is 11.5. The number of phenolic OH excluding ortho intramolecular Hbond substituents is 2. The number of benzene rings is 3. The van der Waals surface area contributed by atoms with E-state index < -0.39 is 47.0 Å². The Kier molecular flexibility index (Phi) is 8.50. The zero-order valence-corrected chi connectivity index (χ0v) is 31.7. The van der Waals surface area contributed by atoms with Crippen LogP contribution in [0.15, 0.2) is 18.2 Å². The molecule has 0 saturated carbocycles. The van der Waals surface area contributed by atoms with E-state index in [4.69, 9.17) is 33.7 Å². The molecule has 2 saturated heterocycles. The van der Waals surface area contributed by atoms with E-state index in [1.165, 1.54) is 7.11 Å². The number of aromatic hydroxyl groups is 2. The molecule has 14 heteroatoms. The number of methoxy groups -OCH3 is 2. The summed E-state index contributed by atoms with van der Waals surface area (Å²) in [5.74, 6) is 2.30. The number of thioether (sulfide) groups is 1. The first-order valence-electron chi connectivity index (χ1n) is 18.5. The van der Waals surface area contributed by atoms with Crippen LogP contribution in [-0.2, 0) is 27.9 Å². The second-order valence-electron chi connectivity index (χ2n) is 14.8. The number of piperazine rings is 1. The molecule has 3 aromatic carbocycles. The lowest BCUT2D eigenvalue weighted by molar-refractivity contribution is -0.155. The van der Waals surface area contributed by atoms with Gasteiger partial charge in [0, 0.05) is 40.3 Å². The van der Waals surface area contributed by atoms with Gasteiger partial charge in [0.05, 0.1) is 39.0 Å². The first-order chi connectivity index (χ1) is 26.2. The van der Waals surface area contributed by atoms with Gasteiger partial charge in [-0.2, -0.15) is 5.26 Å². The topological polar surface area (TPSA) is 166 Å². The van der Waals surface area contributed by atoms with Crippen LogP contribution in [-0.4, -0.2) is 85.7 Å². The van der Waals surface area contributed by atoms with E-state index in [0.29, 0.717) is 60.1 Å². The van der Waals surface area contributed by atoms with Crippen LogP contribution in [0.3, 0.4) is 0 Å². The van der Waals surface area contributed by atoms with Crippen molar-refractivity contribution in [3.63, 3.8) is 0 Å². The number of nitrogens with one attached hydrogen (secondary N) is 1. The number of carbonyl (C=O) groups excluding carboxylic acids is 1. The van der Waals surface area contributed by atoms with Crippen molar-refractivity contribution in [2.24, 2.45) is 0 Å². The average Bonchev–Trinajstić information content (AvgIpc) is 3.66. The van der Waals surface area contributed by atoms with E-state index >= 15 is 0 Å². The predicted octanol–water partition coefficient (Wildman–Crippen LogP) is 5.29. The second kappa shape index (κ2) is 13.0. The summed E-state index contributed by atoms with van der Waals surface area (Å²) in [6.45, 7) is 6.79. The smallest absolute Gasteiger partial charge is 0.331 e. The lowest BCUT2D eigenvalue weighted by Gasteiger charge is -2.65. The summed E-state index contributed by atoms with van der Waals surface area (Å²) in [6, 6.07) is 5.27. The van der Waals surface area contributed by atoms with Crippen molar-refractivity contribution in [3.8, 4) is 46.3 Å². The minimum atomic E-state index is -1.30. The van der Waals surface area contributed by atoms with E-state index in [9.17, 15) is 20.3 Å². The van der Waals surface area contributed by atoms with E-state index in [1.807, 2.05) is 19.9 Å². The Morgan fingerprint density at radius 3 is 2.65 bits per heavy atom. The van der Waals surface area contributed by atoms with Crippen LogP contribution in [0.2, 0.25) is 0 Å². The molecule has 3 N–H and O–H groups in total. The normalized spacial score (nSPS) is 28.9. The van der Waals surface area contributed by atoms with Crippen molar-refractivity contribution in [2.45, 2.75) is 81.0 Å². The van der Waals surface area contributed by atoms with Crippen LogP contribution in [0.5, 0.6) is 40.2 Å². The largest absolute Gasteiger partial charge is 0.649 e. The van der Waals surface area contributed by atoms with Gasteiger partial charge in [0.15, 0.2) is 40.0 Å². The fraction of sp³-hybridized carbons (Fsp3) is 0.500. The third-order valence-corrected chi connectivity index (χ3v) is 13.5. The van der Waals surface area contributed by atoms with Crippen LogP contribution >= 0.6 is 11.8 Å². The SMILES string of the molecule is CCCOc1c(C)c2c(c3c1[C@H]1SC[C@]4(NCCc5cc(O)c(OC)cc54)C(=O)OC[C@@H]3N3C1[C@@H]1[N-][C@@H](Cc4cc(C)c(OC)c(O)c41)[C@@H]3C#N)OCO2. The number of esters is 1. The molecule has 10 rings (SSSR count). The molecular weight excluding hydrogens is 713 g/mol. The summed E-state index contributed by atoms with van der Waals surface area (Å²) in [4.78, 5) is 16.9. The Balaban J connectivity index is 1.31. The summed E-state index contributed by atoms with van der Waals surface area (Å²) in [6.07, 6.45) is 1.82. The number of nitriles is 1. The third kappa shape index (κ3) is 4.84. The maximum Gasteiger partial charge on any atom is 0.331 e. The Morgan fingerprint density at radius 2 is 1.89 bits per heavy atom. The van der Waals surface area contributed by atoms with Crippen molar-refractivity contribution in [1.29, 1.82) is 5.26 Å². The van der Waals surface area contributed by atoms with Crippen molar-refractivity contribution in [3.05, 3.63) is 68.0 Å². The summed E-state index contributed by atoms with van der Waals surface area (Å²) < 4.78 is 36.8. The molecular formula is C40H43N4O9S-. The van der Waals surface area contributed by atoms with Gasteiger partial charge in [-0.05, 0) is 73.1 Å². The molecule has 1 unspecified atom stereocenters. The Bertz CT molecular complexity index is 2120. The lowest BCUT2D eigenvalue weighted by Crippen LogP contribution is -2.63. The zero-order valence-electron chi connectivity index (χ0n) is 30.9. The quantitative estimate of drug-likeness (QED) is 0.288. The molecule has 0 aromatic heterocycles. The molecule has 7 aliphatic heterocycles. The second-order valence-corrected chi connectivity index (χ2v) is 16.0. The molecule has 54 heavy (non-hydrogen) atoms. The Hall–Kier alpha value is -4.55. The minimum absolute atomic E-state index is 0.00410. The number of carbonyl (C=O) groups is 1. The minimum Gasteiger partial charge on any atom is -0.649 e. The molecule has 7 heterocycles. The lowest BCUT2D eigenvalue weighted by atomic mass is 9.72. The van der Waals surface area contributed by atoms with Crippen LogP contribution < -0.4 is 29.0 Å². The highest BCUT2D eigenvalue weighted by atomic mass is 32.2. The van der Waals surface area contributed by atoms with E-state index in [2.05, 4.69) is 23.2 Å². The van der Waals surface area contributed by atoms with Crippen molar-refractivity contribution < 1.29 is 43.4 Å². The number of hydrogen-bond donors (Lipinski definition) is 3. The average molecular weight is 756 g/mol. The van der Waals surface area contributed by atoms with E-state index in [1.54, 1.807) is 31.0 Å². The molecule has 7 atom stereocenters. The van der Waals surface area contributed by atoms with Crippen molar-refractivity contribution in [1.82, 2.24) is 10.2 Å². The molecule has 2 fully saturated rings. The van der Waals surface area contributed by atoms with E-state index in [0.717, 1.165) is 39.8 Å². The maximum absolute atomic E-state index is 14.7. The highest BCUT2D eigenvalue weighted by Crippen LogP contribution is 2.65. The van der Waals surface area contributed by atoms with Gasteiger partial charge in [-0.1, -0.05) is 19.0 Å². The highest BCUT2D eigenvalue weighted by Gasteiger charge is 2.57. The van der Waals surface area contributed by atoms with E-state index in [-0.39, 0.29) is 36.4 Å². The van der Waals surface area contributed by atoms with Gasteiger partial charge in [0.25, 0.3) is 0 Å². The van der Waals surface area contributed by atoms with Gasteiger partial charge in [-0.15, -0.1) is 17.8 Å². The molecule has 0 amide bonds. The zero-order chi connectivity index (χ0) is 37.6. The fourth-order valence-electron chi connectivity index (χ4n) is 9.79. The number of nitrogens with zero attached hydrogens (tertiary/aromatic N) is 3. The Morgan fingerprint density at radius 1 is 1.07 bits per heavy atom. The van der Waals surface area contributed by atoms with Gasteiger partial charge in [-0.25, -0.2) is 4.79 Å². The summed E-state index contributed by atoms with van der Waals surface area (Å²) in [5.41, 5.74) is 5.13.